The van der Waals surface area contributed by atoms with E-state index >= 15 is 0 Å². The van der Waals surface area contributed by atoms with E-state index in [4.69, 9.17) is 10.5 Å². The van der Waals surface area contributed by atoms with Crippen molar-refractivity contribution in [3.8, 4) is 11.6 Å². The predicted octanol–water partition coefficient (Wildman–Crippen LogP) is 4.22. The Balaban J connectivity index is 1.88. The second-order valence-corrected chi connectivity index (χ2v) is 5.53. The molecule has 0 aliphatic rings. The Morgan fingerprint density at radius 1 is 0.952 bits per heavy atom. The number of nitrogens with two attached hydrogens (primary N) is 1. The third kappa shape index (κ3) is 1.98. The number of hydrogen-bond acceptors (Lipinski definition) is 5. The number of thiophene rings is 1. The first-order valence-electron chi connectivity index (χ1n) is 6.46. The van der Waals surface area contributed by atoms with Crippen molar-refractivity contribution >= 4 is 38.0 Å². The van der Waals surface area contributed by atoms with Crippen molar-refractivity contribution in [2.45, 2.75) is 0 Å². The Labute approximate surface area is 124 Å². The van der Waals surface area contributed by atoms with Gasteiger partial charge in [-0.1, -0.05) is 24.3 Å². The van der Waals surface area contributed by atoms with E-state index in [0.717, 1.165) is 32.4 Å². The van der Waals surface area contributed by atoms with Crippen LogP contribution >= 0.6 is 11.3 Å². The maximum absolute atomic E-state index is 6.02. The summed E-state index contributed by atoms with van der Waals surface area (Å²) in [5, 5.41) is 3.93. The Morgan fingerprint density at radius 3 is 2.71 bits per heavy atom. The zero-order valence-corrected chi connectivity index (χ0v) is 11.8. The van der Waals surface area contributed by atoms with Crippen LogP contribution in [0.3, 0.4) is 0 Å². The average molecular weight is 293 g/mol. The van der Waals surface area contributed by atoms with Gasteiger partial charge < -0.3 is 10.5 Å². The predicted molar refractivity (Wildman–Crippen MR) is 85.8 cm³/mol. The van der Waals surface area contributed by atoms with Crippen LogP contribution in [-0.2, 0) is 0 Å². The Kier molecular flexibility index (Phi) is 2.72. The molecule has 0 aliphatic heterocycles. The van der Waals surface area contributed by atoms with Crippen molar-refractivity contribution in [3.63, 3.8) is 0 Å². The molecule has 0 unspecified atom stereocenters. The average Bonchev–Trinajstić information content (AvgIpc) is 3.00. The van der Waals surface area contributed by atoms with E-state index < -0.39 is 0 Å². The summed E-state index contributed by atoms with van der Waals surface area (Å²) in [6.07, 6.45) is 1.52. The van der Waals surface area contributed by atoms with Gasteiger partial charge in [0.25, 0.3) is 0 Å². The highest BCUT2D eigenvalue weighted by atomic mass is 32.1. The maximum Gasteiger partial charge on any atom is 0.240 e. The van der Waals surface area contributed by atoms with E-state index in [9.17, 15) is 0 Å². The van der Waals surface area contributed by atoms with Gasteiger partial charge in [0.05, 0.1) is 5.52 Å². The number of aromatic nitrogens is 2. The van der Waals surface area contributed by atoms with Crippen LogP contribution < -0.4 is 10.5 Å². The summed E-state index contributed by atoms with van der Waals surface area (Å²) < 4.78 is 6.96. The first kappa shape index (κ1) is 12.1. The van der Waals surface area contributed by atoms with Gasteiger partial charge in [-0.25, -0.2) is 9.97 Å². The number of rotatable bonds is 2. The Hall–Kier alpha value is -2.66. The molecule has 0 bridgehead atoms. The molecule has 4 aromatic rings. The van der Waals surface area contributed by atoms with Gasteiger partial charge >= 0.3 is 0 Å². The molecule has 0 atom stereocenters. The molecule has 0 aliphatic carbocycles. The third-order valence-corrected chi connectivity index (χ3v) is 4.23. The molecular formula is C16H11N3OS. The zero-order valence-electron chi connectivity index (χ0n) is 11.0. The van der Waals surface area contributed by atoms with Crippen LogP contribution in [0.25, 0.3) is 21.0 Å². The molecule has 2 N–H and O–H groups in total. The molecule has 0 saturated carbocycles. The fourth-order valence-electron chi connectivity index (χ4n) is 2.33. The van der Waals surface area contributed by atoms with Crippen molar-refractivity contribution in [2.75, 3.05) is 5.73 Å². The number of anilines is 1. The van der Waals surface area contributed by atoms with Crippen LogP contribution in [0.4, 0.5) is 5.69 Å². The zero-order chi connectivity index (χ0) is 14.2. The normalized spacial score (nSPS) is 11.0. The molecule has 0 saturated heterocycles. The van der Waals surface area contributed by atoms with Crippen molar-refractivity contribution in [1.29, 1.82) is 0 Å². The van der Waals surface area contributed by atoms with Crippen molar-refractivity contribution in [3.05, 3.63) is 54.2 Å². The lowest BCUT2D eigenvalue weighted by Crippen LogP contribution is -1.92. The minimum absolute atomic E-state index is 0.574. The molecule has 5 heteroatoms. The maximum atomic E-state index is 6.02. The number of benzene rings is 2. The lowest BCUT2D eigenvalue weighted by atomic mass is 10.1. The second kappa shape index (κ2) is 4.71. The molecule has 2 aromatic carbocycles. The van der Waals surface area contributed by atoms with Crippen LogP contribution in [0.5, 0.6) is 11.6 Å². The molecule has 4 rings (SSSR count). The molecular weight excluding hydrogens is 282 g/mol. The highest BCUT2D eigenvalue weighted by Gasteiger charge is 2.10. The molecule has 2 aromatic heterocycles. The first-order valence-corrected chi connectivity index (χ1v) is 7.34. The molecule has 102 valence electrons. The van der Waals surface area contributed by atoms with Gasteiger partial charge in [-0.2, -0.15) is 0 Å². The highest BCUT2D eigenvalue weighted by Crippen LogP contribution is 2.35. The van der Waals surface area contributed by atoms with E-state index in [0.29, 0.717) is 5.88 Å². The lowest BCUT2D eigenvalue weighted by Gasteiger charge is -2.10. The second-order valence-electron chi connectivity index (χ2n) is 4.61. The fourth-order valence-corrected chi connectivity index (χ4v) is 3.10. The number of ether oxygens (including phenoxy) is 1. The van der Waals surface area contributed by atoms with E-state index in [2.05, 4.69) is 9.97 Å². The minimum Gasteiger partial charge on any atom is -0.437 e. The number of fused-ring (bicyclic) bond motifs is 2. The van der Waals surface area contributed by atoms with Gasteiger partial charge in [-0.05, 0) is 23.6 Å². The number of nitrogen functional groups attached to an aromatic ring is 1. The Bertz CT molecular complexity index is 948. The Morgan fingerprint density at radius 2 is 1.81 bits per heavy atom. The van der Waals surface area contributed by atoms with Crippen molar-refractivity contribution in [1.82, 2.24) is 9.97 Å². The summed E-state index contributed by atoms with van der Waals surface area (Å²) in [6, 6.07) is 13.6. The smallest absolute Gasteiger partial charge is 0.240 e. The molecule has 0 amide bonds. The first-order chi connectivity index (χ1) is 10.3. The standard InChI is InChI=1S/C16H11N3OS/c17-12-5-6-14(11-4-2-1-3-10(11)12)20-16-15-13(7-8-21-15)18-9-19-16/h1-9H,17H2. The van der Waals surface area contributed by atoms with Crippen LogP contribution in [0.1, 0.15) is 0 Å². The summed E-state index contributed by atoms with van der Waals surface area (Å²) in [5.74, 6) is 1.32. The van der Waals surface area contributed by atoms with Gasteiger partial charge in [0, 0.05) is 16.5 Å². The number of nitrogens with zero attached hydrogens (tertiary/aromatic N) is 2. The van der Waals surface area contributed by atoms with Crippen LogP contribution in [0, 0.1) is 0 Å². The largest absolute Gasteiger partial charge is 0.437 e. The fraction of sp³-hybridized carbons (Fsp3) is 0. The monoisotopic (exact) mass is 293 g/mol. The van der Waals surface area contributed by atoms with Crippen LogP contribution in [0.2, 0.25) is 0 Å². The van der Waals surface area contributed by atoms with E-state index in [-0.39, 0.29) is 0 Å². The van der Waals surface area contributed by atoms with Crippen LogP contribution in [0.15, 0.2) is 54.2 Å². The molecule has 0 spiro atoms. The van der Waals surface area contributed by atoms with Crippen LogP contribution in [-0.4, -0.2) is 9.97 Å². The molecule has 2 heterocycles. The van der Waals surface area contributed by atoms with Gasteiger partial charge in [-0.15, -0.1) is 11.3 Å². The molecule has 0 fully saturated rings. The van der Waals surface area contributed by atoms with Crippen molar-refractivity contribution in [2.24, 2.45) is 0 Å². The lowest BCUT2D eigenvalue weighted by molar-refractivity contribution is 0.474. The SMILES string of the molecule is Nc1ccc(Oc2ncnc3ccsc23)c2ccccc12. The van der Waals surface area contributed by atoms with Gasteiger partial charge in [0.2, 0.25) is 5.88 Å². The summed E-state index contributed by atoms with van der Waals surface area (Å²) in [5.41, 5.74) is 7.64. The van der Waals surface area contributed by atoms with Gasteiger partial charge in [0.15, 0.2) is 0 Å². The molecule has 21 heavy (non-hydrogen) atoms. The molecule has 0 radical (unpaired) electrons. The summed E-state index contributed by atoms with van der Waals surface area (Å²) in [6.45, 7) is 0. The van der Waals surface area contributed by atoms with E-state index in [1.165, 1.54) is 6.33 Å². The summed E-state index contributed by atoms with van der Waals surface area (Å²) >= 11 is 1.57. The van der Waals surface area contributed by atoms with Gasteiger partial charge in [-0.3, -0.25) is 0 Å². The summed E-state index contributed by atoms with van der Waals surface area (Å²) in [7, 11) is 0. The quantitative estimate of drug-likeness (QED) is 0.562. The highest BCUT2D eigenvalue weighted by molar-refractivity contribution is 7.17. The summed E-state index contributed by atoms with van der Waals surface area (Å²) in [4.78, 5) is 8.47. The topological polar surface area (TPSA) is 61.0 Å². The van der Waals surface area contributed by atoms with E-state index in [1.54, 1.807) is 11.3 Å². The molecule has 4 nitrogen and oxygen atoms in total. The van der Waals surface area contributed by atoms with Gasteiger partial charge in [0.1, 0.15) is 16.8 Å². The number of hydrogen-bond donors (Lipinski definition) is 1. The van der Waals surface area contributed by atoms with E-state index in [1.807, 2.05) is 47.8 Å². The van der Waals surface area contributed by atoms with Crippen molar-refractivity contribution < 1.29 is 4.74 Å². The minimum atomic E-state index is 0.574. The third-order valence-electron chi connectivity index (χ3n) is 3.33.